The molecule has 1 saturated heterocycles. The summed E-state index contributed by atoms with van der Waals surface area (Å²) in [6.07, 6.45) is 3.34. The molecule has 16 heavy (non-hydrogen) atoms. The van der Waals surface area contributed by atoms with E-state index in [0.717, 1.165) is 37.2 Å². The molecular weight excluding hydrogens is 250 g/mol. The maximum atomic E-state index is 11.5. The quantitative estimate of drug-likeness (QED) is 0.892. The van der Waals surface area contributed by atoms with E-state index < -0.39 is 0 Å². The van der Waals surface area contributed by atoms with Gasteiger partial charge in [-0.3, -0.25) is 4.79 Å². The average molecular weight is 262 g/mol. The normalized spacial score (nSPS) is 19.9. The number of amides is 1. The molecule has 7 heteroatoms. The zero-order valence-corrected chi connectivity index (χ0v) is 10.2. The Bertz CT molecular complexity index is 365. The Kier molecular flexibility index (Phi) is 4.09. The largest absolute Gasteiger partial charge is 0.378 e. The maximum absolute atomic E-state index is 11.5. The van der Waals surface area contributed by atoms with Crippen molar-refractivity contribution in [1.82, 2.24) is 15.5 Å². The zero-order chi connectivity index (χ0) is 11.4. The number of ether oxygens (including phenoxy) is 1. The molecule has 0 saturated carbocycles. The van der Waals surface area contributed by atoms with E-state index >= 15 is 0 Å². The SMILES string of the molecule is O=C(NCCC1CCCO1)c1nnc(Cl)s1. The number of carbonyl (C=O) groups excluding carboxylic acids is 1. The molecule has 5 nitrogen and oxygen atoms in total. The van der Waals surface area contributed by atoms with Crippen molar-refractivity contribution >= 4 is 28.8 Å². The number of nitrogens with zero attached hydrogens (tertiary/aromatic N) is 2. The highest BCUT2D eigenvalue weighted by molar-refractivity contribution is 7.17. The van der Waals surface area contributed by atoms with Crippen molar-refractivity contribution < 1.29 is 9.53 Å². The van der Waals surface area contributed by atoms with E-state index in [4.69, 9.17) is 16.3 Å². The van der Waals surface area contributed by atoms with Crippen molar-refractivity contribution in [1.29, 1.82) is 0 Å². The predicted molar refractivity (Wildman–Crippen MR) is 60.8 cm³/mol. The molecule has 0 radical (unpaired) electrons. The summed E-state index contributed by atoms with van der Waals surface area (Å²) in [7, 11) is 0. The molecule has 0 aliphatic carbocycles. The van der Waals surface area contributed by atoms with Crippen LogP contribution in [0.2, 0.25) is 4.47 Å². The summed E-state index contributed by atoms with van der Waals surface area (Å²) in [5.41, 5.74) is 0. The third kappa shape index (κ3) is 3.13. The summed E-state index contributed by atoms with van der Waals surface area (Å²) in [4.78, 5) is 11.5. The molecule has 2 heterocycles. The van der Waals surface area contributed by atoms with Gasteiger partial charge < -0.3 is 10.1 Å². The van der Waals surface area contributed by atoms with E-state index in [1.165, 1.54) is 0 Å². The monoisotopic (exact) mass is 261 g/mol. The number of aromatic nitrogens is 2. The third-order valence-electron chi connectivity index (χ3n) is 2.37. The van der Waals surface area contributed by atoms with Gasteiger partial charge in [0.1, 0.15) is 0 Å². The van der Waals surface area contributed by atoms with Gasteiger partial charge in [-0.2, -0.15) is 0 Å². The van der Waals surface area contributed by atoms with Gasteiger partial charge in [0.2, 0.25) is 9.47 Å². The van der Waals surface area contributed by atoms with Crippen LogP contribution in [0.4, 0.5) is 0 Å². The van der Waals surface area contributed by atoms with E-state index in [9.17, 15) is 4.79 Å². The number of nitrogens with one attached hydrogen (secondary N) is 1. The van der Waals surface area contributed by atoms with Gasteiger partial charge in [-0.25, -0.2) is 0 Å². The first-order valence-corrected chi connectivity index (χ1v) is 6.34. The Hall–Kier alpha value is -0.720. The molecule has 1 aliphatic heterocycles. The molecule has 1 aliphatic rings. The van der Waals surface area contributed by atoms with Crippen molar-refractivity contribution in [2.75, 3.05) is 13.2 Å². The van der Waals surface area contributed by atoms with E-state index in [1.54, 1.807) is 0 Å². The van der Waals surface area contributed by atoms with Gasteiger partial charge in [0, 0.05) is 13.2 Å². The van der Waals surface area contributed by atoms with Crippen LogP contribution >= 0.6 is 22.9 Å². The summed E-state index contributed by atoms with van der Waals surface area (Å²) in [5, 5.41) is 10.3. The van der Waals surface area contributed by atoms with Crippen molar-refractivity contribution in [3.8, 4) is 0 Å². The summed E-state index contributed by atoms with van der Waals surface area (Å²) >= 11 is 6.67. The van der Waals surface area contributed by atoms with Crippen molar-refractivity contribution in [2.24, 2.45) is 0 Å². The average Bonchev–Trinajstić information content (AvgIpc) is 2.89. The summed E-state index contributed by atoms with van der Waals surface area (Å²) < 4.78 is 5.73. The highest BCUT2D eigenvalue weighted by Gasteiger charge is 2.16. The van der Waals surface area contributed by atoms with Crippen LogP contribution in [0.25, 0.3) is 0 Å². The maximum Gasteiger partial charge on any atom is 0.282 e. The first-order chi connectivity index (χ1) is 7.75. The van der Waals surface area contributed by atoms with Crippen LogP contribution in [0.1, 0.15) is 29.1 Å². The molecule has 0 bridgehead atoms. The molecule has 0 aromatic carbocycles. The van der Waals surface area contributed by atoms with Crippen LogP contribution in [0.15, 0.2) is 0 Å². The Balaban J connectivity index is 1.71. The number of halogens is 1. The topological polar surface area (TPSA) is 64.1 Å². The number of hydrogen-bond donors (Lipinski definition) is 1. The molecular formula is C9H12ClN3O2S. The zero-order valence-electron chi connectivity index (χ0n) is 8.61. The molecule has 1 amide bonds. The Morgan fingerprint density at radius 2 is 2.50 bits per heavy atom. The van der Waals surface area contributed by atoms with Crippen LogP contribution < -0.4 is 5.32 Å². The van der Waals surface area contributed by atoms with Gasteiger partial charge in [-0.05, 0) is 30.9 Å². The lowest BCUT2D eigenvalue weighted by Gasteiger charge is -2.08. The number of rotatable bonds is 4. The Morgan fingerprint density at radius 1 is 1.62 bits per heavy atom. The Labute approximate surface area is 102 Å². The van der Waals surface area contributed by atoms with Gasteiger partial charge in [0.05, 0.1) is 6.10 Å². The fraction of sp³-hybridized carbons (Fsp3) is 0.667. The van der Waals surface area contributed by atoms with Crippen LogP contribution in [0, 0.1) is 0 Å². The molecule has 2 rings (SSSR count). The van der Waals surface area contributed by atoms with Crippen LogP contribution in [0.3, 0.4) is 0 Å². The lowest BCUT2D eigenvalue weighted by atomic mass is 10.2. The number of hydrogen-bond acceptors (Lipinski definition) is 5. The van der Waals surface area contributed by atoms with Crippen molar-refractivity contribution in [3.63, 3.8) is 0 Å². The second kappa shape index (κ2) is 5.56. The lowest BCUT2D eigenvalue weighted by Crippen LogP contribution is -2.26. The highest BCUT2D eigenvalue weighted by Crippen LogP contribution is 2.16. The van der Waals surface area contributed by atoms with Crippen LogP contribution in [-0.4, -0.2) is 35.4 Å². The highest BCUT2D eigenvalue weighted by atomic mass is 35.5. The van der Waals surface area contributed by atoms with Crippen LogP contribution in [0.5, 0.6) is 0 Å². The minimum absolute atomic E-state index is 0.220. The molecule has 1 aromatic rings. The first kappa shape index (κ1) is 11.8. The van der Waals surface area contributed by atoms with Crippen molar-refractivity contribution in [2.45, 2.75) is 25.4 Å². The minimum atomic E-state index is -0.220. The lowest BCUT2D eigenvalue weighted by molar-refractivity contribution is 0.0906. The summed E-state index contributed by atoms with van der Waals surface area (Å²) in [6.45, 7) is 1.44. The van der Waals surface area contributed by atoms with E-state index in [2.05, 4.69) is 15.5 Å². The molecule has 0 spiro atoms. The van der Waals surface area contributed by atoms with E-state index in [1.807, 2.05) is 0 Å². The van der Waals surface area contributed by atoms with E-state index in [0.29, 0.717) is 17.7 Å². The smallest absolute Gasteiger partial charge is 0.282 e. The second-order valence-corrected chi connectivity index (χ2v) is 5.10. The molecule has 1 atom stereocenters. The fourth-order valence-corrected chi connectivity index (χ4v) is 2.34. The minimum Gasteiger partial charge on any atom is -0.378 e. The first-order valence-electron chi connectivity index (χ1n) is 5.14. The van der Waals surface area contributed by atoms with Gasteiger partial charge >= 0.3 is 0 Å². The van der Waals surface area contributed by atoms with E-state index in [-0.39, 0.29) is 10.4 Å². The standard InChI is InChI=1S/C9H12ClN3O2S/c10-9-13-12-8(16-9)7(14)11-4-3-6-2-1-5-15-6/h6H,1-5H2,(H,11,14). The predicted octanol–water partition coefficient (Wildman–Crippen LogP) is 1.49. The molecule has 88 valence electrons. The third-order valence-corrected chi connectivity index (χ3v) is 3.39. The molecule has 1 N–H and O–H groups in total. The summed E-state index contributed by atoms with van der Waals surface area (Å²) in [5.74, 6) is -0.220. The van der Waals surface area contributed by atoms with Gasteiger partial charge in [0.15, 0.2) is 0 Å². The second-order valence-electron chi connectivity index (χ2n) is 3.54. The van der Waals surface area contributed by atoms with Crippen molar-refractivity contribution in [3.05, 3.63) is 9.47 Å². The van der Waals surface area contributed by atoms with Gasteiger partial charge in [-0.1, -0.05) is 11.3 Å². The molecule has 1 fully saturated rings. The number of carbonyl (C=O) groups is 1. The molecule has 1 unspecified atom stereocenters. The Morgan fingerprint density at radius 3 is 3.12 bits per heavy atom. The van der Waals surface area contributed by atoms with Gasteiger partial charge in [0.25, 0.3) is 5.91 Å². The summed E-state index contributed by atoms with van der Waals surface area (Å²) in [6, 6.07) is 0. The van der Waals surface area contributed by atoms with Gasteiger partial charge in [-0.15, -0.1) is 10.2 Å². The fourth-order valence-electron chi connectivity index (χ4n) is 1.59. The molecule has 1 aromatic heterocycles. The van der Waals surface area contributed by atoms with Crippen LogP contribution in [-0.2, 0) is 4.74 Å².